The summed E-state index contributed by atoms with van der Waals surface area (Å²) in [6, 6.07) is 0. The maximum absolute atomic E-state index is 5.52. The molecule has 146 valence electrons. The van der Waals surface area contributed by atoms with Crippen LogP contribution in [-0.2, 0) is 4.74 Å². The van der Waals surface area contributed by atoms with Crippen molar-refractivity contribution in [3.8, 4) is 0 Å². The van der Waals surface area contributed by atoms with Crippen LogP contribution in [0.25, 0.3) is 0 Å². The van der Waals surface area contributed by atoms with Crippen molar-refractivity contribution in [1.82, 2.24) is 15.5 Å². The van der Waals surface area contributed by atoms with Crippen molar-refractivity contribution in [2.75, 3.05) is 65.0 Å². The fraction of sp³-hybridized carbons (Fsp3) is 0.947. The summed E-state index contributed by atoms with van der Waals surface area (Å²) in [5.41, 5.74) is 0.395. The Morgan fingerprint density at radius 3 is 2.56 bits per heavy atom. The maximum Gasteiger partial charge on any atom is 0.190 e. The summed E-state index contributed by atoms with van der Waals surface area (Å²) in [6.45, 7) is 7.21. The predicted octanol–water partition coefficient (Wildman–Crippen LogP) is 2.58. The lowest BCUT2D eigenvalue weighted by Gasteiger charge is -2.42. The average Bonchev–Trinajstić information content (AvgIpc) is 2.65. The molecule has 0 bridgehead atoms. The highest BCUT2D eigenvalue weighted by Crippen LogP contribution is 2.36. The van der Waals surface area contributed by atoms with E-state index in [1.807, 2.05) is 18.8 Å². The maximum atomic E-state index is 5.52. The Morgan fingerprint density at radius 2 is 1.88 bits per heavy atom. The van der Waals surface area contributed by atoms with E-state index in [2.05, 4.69) is 26.8 Å². The first-order valence-corrected chi connectivity index (χ1v) is 11.4. The molecule has 1 heterocycles. The van der Waals surface area contributed by atoms with E-state index in [1.54, 1.807) is 0 Å². The van der Waals surface area contributed by atoms with Gasteiger partial charge in [0.15, 0.2) is 5.96 Å². The Balaban J connectivity index is 1.79. The van der Waals surface area contributed by atoms with Crippen LogP contribution >= 0.6 is 11.8 Å². The lowest BCUT2D eigenvalue weighted by atomic mass is 9.73. The van der Waals surface area contributed by atoms with Crippen molar-refractivity contribution in [3.63, 3.8) is 0 Å². The van der Waals surface area contributed by atoms with Crippen molar-refractivity contribution in [1.29, 1.82) is 0 Å². The minimum absolute atomic E-state index is 0.395. The minimum atomic E-state index is 0.395. The van der Waals surface area contributed by atoms with Crippen LogP contribution in [0.1, 0.15) is 44.9 Å². The summed E-state index contributed by atoms with van der Waals surface area (Å²) in [6.07, 6.45) is 11.5. The Labute approximate surface area is 158 Å². The predicted molar refractivity (Wildman–Crippen MR) is 110 cm³/mol. The third kappa shape index (κ3) is 7.75. The van der Waals surface area contributed by atoms with Gasteiger partial charge in [-0.15, -0.1) is 0 Å². The third-order valence-electron chi connectivity index (χ3n) is 5.50. The molecular weight excluding hydrogens is 332 g/mol. The molecule has 1 saturated carbocycles. The molecule has 5 nitrogen and oxygen atoms in total. The molecule has 0 unspecified atom stereocenters. The van der Waals surface area contributed by atoms with Gasteiger partial charge in [-0.05, 0) is 37.7 Å². The Kier molecular flexibility index (Phi) is 10.0. The fourth-order valence-corrected chi connectivity index (χ4v) is 4.49. The summed E-state index contributed by atoms with van der Waals surface area (Å²) >= 11 is 1.92. The van der Waals surface area contributed by atoms with Gasteiger partial charge in [-0.25, -0.2) is 0 Å². The van der Waals surface area contributed by atoms with Gasteiger partial charge in [0, 0.05) is 45.2 Å². The molecule has 1 saturated heterocycles. The number of nitrogens with zero attached hydrogens (tertiary/aromatic N) is 2. The first-order valence-electron chi connectivity index (χ1n) is 10.0. The molecule has 1 aliphatic carbocycles. The SMILES string of the molecule is CN=C(NCCCCSC)NCC1(CN2CCOCC2)CCCCC1. The second kappa shape index (κ2) is 12.0. The molecular formula is C19H38N4OS. The van der Waals surface area contributed by atoms with Gasteiger partial charge < -0.3 is 15.4 Å². The third-order valence-corrected chi connectivity index (χ3v) is 6.20. The number of ether oxygens (including phenoxy) is 1. The number of thioether (sulfide) groups is 1. The number of rotatable bonds is 9. The van der Waals surface area contributed by atoms with Crippen LogP contribution in [0.4, 0.5) is 0 Å². The van der Waals surface area contributed by atoms with Crippen LogP contribution in [0, 0.1) is 5.41 Å². The highest BCUT2D eigenvalue weighted by Gasteiger charge is 2.34. The molecule has 2 N–H and O–H groups in total. The molecule has 0 aromatic rings. The summed E-state index contributed by atoms with van der Waals surface area (Å²) in [5, 5.41) is 7.12. The van der Waals surface area contributed by atoms with E-state index in [-0.39, 0.29) is 0 Å². The monoisotopic (exact) mass is 370 g/mol. The number of nitrogens with one attached hydrogen (secondary N) is 2. The Hall–Kier alpha value is -0.460. The van der Waals surface area contributed by atoms with Gasteiger partial charge in [0.25, 0.3) is 0 Å². The second-order valence-electron chi connectivity index (χ2n) is 7.50. The van der Waals surface area contributed by atoms with E-state index in [0.29, 0.717) is 5.41 Å². The Morgan fingerprint density at radius 1 is 1.12 bits per heavy atom. The van der Waals surface area contributed by atoms with Crippen LogP contribution in [0.15, 0.2) is 4.99 Å². The van der Waals surface area contributed by atoms with Crippen molar-refractivity contribution >= 4 is 17.7 Å². The molecule has 2 fully saturated rings. The molecule has 0 aromatic heterocycles. The standard InChI is InChI=1S/C19H38N4OS/c1-20-18(21-10-6-7-15-25-2)22-16-19(8-4-3-5-9-19)17-23-11-13-24-14-12-23/h3-17H2,1-2H3,(H2,20,21,22). The number of morpholine rings is 1. The van der Waals surface area contributed by atoms with E-state index in [4.69, 9.17) is 4.74 Å². The zero-order valence-electron chi connectivity index (χ0n) is 16.3. The van der Waals surface area contributed by atoms with Crippen molar-refractivity contribution in [2.24, 2.45) is 10.4 Å². The van der Waals surface area contributed by atoms with E-state index in [9.17, 15) is 0 Å². The summed E-state index contributed by atoms with van der Waals surface area (Å²) in [5.74, 6) is 2.21. The highest BCUT2D eigenvalue weighted by molar-refractivity contribution is 7.98. The van der Waals surface area contributed by atoms with E-state index < -0.39 is 0 Å². The number of hydrogen-bond donors (Lipinski definition) is 2. The summed E-state index contributed by atoms with van der Waals surface area (Å²) in [7, 11) is 1.88. The summed E-state index contributed by atoms with van der Waals surface area (Å²) < 4.78 is 5.52. The molecule has 2 aliphatic rings. The average molecular weight is 371 g/mol. The summed E-state index contributed by atoms with van der Waals surface area (Å²) in [4.78, 5) is 7.03. The zero-order chi connectivity index (χ0) is 17.8. The van der Waals surface area contributed by atoms with Crippen LogP contribution < -0.4 is 10.6 Å². The number of guanidine groups is 1. The highest BCUT2D eigenvalue weighted by atomic mass is 32.2. The van der Waals surface area contributed by atoms with Crippen molar-refractivity contribution in [3.05, 3.63) is 0 Å². The van der Waals surface area contributed by atoms with E-state index in [1.165, 1.54) is 57.2 Å². The van der Waals surface area contributed by atoms with Gasteiger partial charge in [0.1, 0.15) is 0 Å². The van der Waals surface area contributed by atoms with E-state index >= 15 is 0 Å². The van der Waals surface area contributed by atoms with Crippen LogP contribution in [0.3, 0.4) is 0 Å². The quantitative estimate of drug-likeness (QED) is 0.371. The molecule has 0 aromatic carbocycles. The van der Waals surface area contributed by atoms with Gasteiger partial charge in [0.05, 0.1) is 13.2 Å². The normalized spacial score (nSPS) is 21.9. The smallest absolute Gasteiger partial charge is 0.190 e. The number of unbranched alkanes of at least 4 members (excludes halogenated alkanes) is 1. The fourth-order valence-electron chi connectivity index (χ4n) is 4.00. The molecule has 0 atom stereocenters. The zero-order valence-corrected chi connectivity index (χ0v) is 17.1. The first kappa shape index (κ1) is 20.8. The van der Waals surface area contributed by atoms with Gasteiger partial charge >= 0.3 is 0 Å². The van der Waals surface area contributed by atoms with Crippen LogP contribution in [0.2, 0.25) is 0 Å². The topological polar surface area (TPSA) is 48.9 Å². The molecule has 25 heavy (non-hydrogen) atoms. The number of hydrogen-bond acceptors (Lipinski definition) is 4. The van der Waals surface area contributed by atoms with Crippen LogP contribution in [-0.4, -0.2) is 75.9 Å². The second-order valence-corrected chi connectivity index (χ2v) is 8.49. The number of aliphatic imine (C=N–C) groups is 1. The van der Waals surface area contributed by atoms with Gasteiger partial charge in [-0.2, -0.15) is 11.8 Å². The van der Waals surface area contributed by atoms with Crippen LogP contribution in [0.5, 0.6) is 0 Å². The molecule has 0 amide bonds. The Bertz CT molecular complexity index is 380. The van der Waals surface area contributed by atoms with E-state index in [0.717, 1.165) is 45.4 Å². The van der Waals surface area contributed by atoms with Gasteiger partial charge in [-0.1, -0.05) is 19.3 Å². The first-order chi connectivity index (χ1) is 12.3. The van der Waals surface area contributed by atoms with Crippen molar-refractivity contribution in [2.45, 2.75) is 44.9 Å². The minimum Gasteiger partial charge on any atom is -0.379 e. The molecule has 0 spiro atoms. The molecule has 0 radical (unpaired) electrons. The lowest BCUT2D eigenvalue weighted by Crippen LogP contribution is -2.51. The van der Waals surface area contributed by atoms with Gasteiger partial charge in [-0.3, -0.25) is 9.89 Å². The molecule has 1 aliphatic heterocycles. The molecule has 2 rings (SSSR count). The molecule has 6 heteroatoms. The lowest BCUT2D eigenvalue weighted by molar-refractivity contribution is 0.00820. The van der Waals surface area contributed by atoms with Crippen molar-refractivity contribution < 1.29 is 4.74 Å². The largest absolute Gasteiger partial charge is 0.379 e. The van der Waals surface area contributed by atoms with Gasteiger partial charge in [0.2, 0.25) is 0 Å².